The van der Waals surface area contributed by atoms with Crippen LogP contribution in [0, 0.1) is 49.4 Å². The van der Waals surface area contributed by atoms with Gasteiger partial charge in [0.15, 0.2) is 0 Å². The third-order valence-corrected chi connectivity index (χ3v) is 9.16. The largest absolute Gasteiger partial charge is 0.506 e. The van der Waals surface area contributed by atoms with Crippen LogP contribution in [0.2, 0.25) is 0 Å². The first-order valence-electron chi connectivity index (χ1n) is 13.7. The van der Waals surface area contributed by atoms with Gasteiger partial charge in [-0.15, -0.1) is 0 Å². The Kier molecular flexibility index (Phi) is 8.70. The van der Waals surface area contributed by atoms with Crippen molar-refractivity contribution < 1.29 is 83.4 Å². The molecule has 1 radical (unpaired) electrons. The maximum Gasteiger partial charge on any atom is 0.455 e. The molecule has 0 unspecified atom stereocenters. The molecule has 0 atom stereocenters. The van der Waals surface area contributed by atoms with Crippen LogP contribution in [0.3, 0.4) is 0 Å². The van der Waals surface area contributed by atoms with Crippen molar-refractivity contribution in [1.82, 2.24) is 4.57 Å². The van der Waals surface area contributed by atoms with Gasteiger partial charge >= 0.3 is 6.18 Å². The molecule has 6 nitrogen and oxygen atoms in total. The van der Waals surface area contributed by atoms with Crippen LogP contribution >= 0.6 is 0 Å². The summed E-state index contributed by atoms with van der Waals surface area (Å²) in [6.45, 7) is 8.21. The van der Waals surface area contributed by atoms with Gasteiger partial charge in [-0.2, -0.15) is 13.2 Å². The van der Waals surface area contributed by atoms with Crippen LogP contribution in [0.15, 0.2) is 83.7 Å². The number of aromatic nitrogens is 1. The SMILES string of the molecule is CC1(C)c2ccccc2-c2ccc(-n3c(=O)c(C(=O)C(F)(F)F)c(O)c4cc5c(cc43)C(C)(C)c3ccccc3-5)cc21.O.O.[Eu]. The van der Waals surface area contributed by atoms with Gasteiger partial charge < -0.3 is 16.1 Å². The van der Waals surface area contributed by atoms with Crippen molar-refractivity contribution >= 4 is 16.7 Å². The number of benzene rings is 4. The predicted molar refractivity (Wildman–Crippen MR) is 164 cm³/mol. The van der Waals surface area contributed by atoms with Crippen LogP contribution in [0.4, 0.5) is 13.2 Å². The Morgan fingerprint density at radius 1 is 0.711 bits per heavy atom. The van der Waals surface area contributed by atoms with Crippen LogP contribution in [0.25, 0.3) is 38.8 Å². The van der Waals surface area contributed by atoms with Crippen molar-refractivity contribution in [1.29, 1.82) is 0 Å². The molecule has 0 aliphatic heterocycles. The first kappa shape index (κ1) is 34.7. The van der Waals surface area contributed by atoms with Gasteiger partial charge in [-0.05, 0) is 68.8 Å². The Hall–Kier alpha value is -3.15. The van der Waals surface area contributed by atoms with E-state index in [1.807, 2.05) is 74.5 Å². The summed E-state index contributed by atoms with van der Waals surface area (Å²) in [5.41, 5.74) is 4.67. The van der Waals surface area contributed by atoms with E-state index in [1.165, 1.54) is 0 Å². The minimum atomic E-state index is -5.35. The number of hydrogen-bond acceptors (Lipinski definition) is 3. The third-order valence-electron chi connectivity index (χ3n) is 9.16. The Bertz CT molecular complexity index is 2100. The number of aromatic hydroxyl groups is 1. The molecule has 0 saturated carbocycles. The molecule has 0 amide bonds. The van der Waals surface area contributed by atoms with E-state index in [1.54, 1.807) is 18.2 Å². The second kappa shape index (κ2) is 11.3. The zero-order valence-electron chi connectivity index (χ0n) is 24.7. The Morgan fingerprint density at radius 2 is 1.20 bits per heavy atom. The fourth-order valence-electron chi connectivity index (χ4n) is 7.00. The average molecular weight is 754 g/mol. The number of rotatable bonds is 2. The van der Waals surface area contributed by atoms with Crippen molar-refractivity contribution in [3.8, 4) is 33.7 Å². The number of ketones is 1. The molecule has 0 saturated heterocycles. The van der Waals surface area contributed by atoms with Gasteiger partial charge in [0.25, 0.3) is 11.3 Å². The molecule has 2 aliphatic carbocycles. The normalized spacial score (nSPS) is 14.6. The van der Waals surface area contributed by atoms with Gasteiger partial charge in [-0.1, -0.05) is 82.3 Å². The van der Waals surface area contributed by atoms with Gasteiger partial charge in [0, 0.05) is 71.3 Å². The van der Waals surface area contributed by atoms with E-state index < -0.39 is 39.7 Å². The zero-order chi connectivity index (χ0) is 29.9. The predicted octanol–water partition coefficient (Wildman–Crippen LogP) is 6.40. The first-order chi connectivity index (χ1) is 19.7. The fraction of sp³-hybridized carbons (Fsp3) is 0.200. The number of nitrogens with zero attached hydrogens (tertiary/aromatic N) is 1. The fourth-order valence-corrected chi connectivity index (χ4v) is 7.00. The monoisotopic (exact) mass is 754 g/mol. The van der Waals surface area contributed by atoms with Gasteiger partial charge in [0.05, 0.1) is 5.52 Å². The maximum atomic E-state index is 13.9. The number of alkyl halides is 3. The molecule has 0 fully saturated rings. The minimum absolute atomic E-state index is 0. The molecule has 1 aromatic heterocycles. The van der Waals surface area contributed by atoms with Crippen LogP contribution < -0.4 is 5.56 Å². The number of carbonyl (C=O) groups excluding carboxylic acids is 1. The standard InChI is InChI=1S/C35H26F3NO3.Eu.2H2O/c1-33(2)24-11-7-5-9-19(24)21-14-13-18(15-26(21)33)39-28-17-27-22(20-10-6-8-12-25(20)34(27,3)4)16-23(28)30(40)29(32(39)42)31(41)35(36,37)38;;;/h5-17,40H,1-4H3;;2*1H2. The molecular formula is C35H30EuF3NO5. The molecule has 233 valence electrons. The van der Waals surface area contributed by atoms with Crippen LogP contribution in [-0.2, 0) is 10.8 Å². The number of pyridine rings is 1. The summed E-state index contributed by atoms with van der Waals surface area (Å²) in [5, 5.41) is 11.2. The summed E-state index contributed by atoms with van der Waals surface area (Å²) in [4.78, 5) is 26.5. The van der Waals surface area contributed by atoms with Gasteiger partial charge in [0.1, 0.15) is 11.3 Å². The quantitative estimate of drug-likeness (QED) is 0.210. The molecule has 5 aromatic rings. The number of hydrogen-bond donors (Lipinski definition) is 1. The van der Waals surface area contributed by atoms with Crippen LogP contribution in [0.1, 0.15) is 60.3 Å². The first-order valence-corrected chi connectivity index (χ1v) is 13.7. The Labute approximate surface area is 297 Å². The van der Waals surface area contributed by atoms with Crippen LogP contribution in [0.5, 0.6) is 5.75 Å². The number of Topliss-reactive ketones (excluding diaryl/α,β-unsaturated/α-hetero) is 1. The van der Waals surface area contributed by atoms with Crippen LogP contribution in [-0.4, -0.2) is 32.6 Å². The van der Waals surface area contributed by atoms with E-state index in [0.29, 0.717) is 5.69 Å². The summed E-state index contributed by atoms with van der Waals surface area (Å²) in [6.07, 6.45) is -5.35. The second-order valence-electron chi connectivity index (χ2n) is 12.2. The van der Waals surface area contributed by atoms with Crippen molar-refractivity contribution in [3.63, 3.8) is 0 Å². The molecule has 0 bridgehead atoms. The molecule has 4 aromatic carbocycles. The van der Waals surface area contributed by atoms with E-state index in [0.717, 1.165) is 49.1 Å². The average Bonchev–Trinajstić information content (AvgIpc) is 3.31. The molecule has 10 heteroatoms. The molecule has 45 heavy (non-hydrogen) atoms. The van der Waals surface area contributed by atoms with Crippen molar-refractivity contribution in [2.45, 2.75) is 44.7 Å². The Balaban J connectivity index is 0.00000154. The number of fused-ring (bicyclic) bond motifs is 7. The molecule has 0 spiro atoms. The molecule has 5 N–H and O–H groups in total. The number of carbonyl (C=O) groups is 1. The van der Waals surface area contributed by atoms with Gasteiger partial charge in [0.2, 0.25) is 0 Å². The Morgan fingerprint density at radius 3 is 1.76 bits per heavy atom. The molecule has 2 aliphatic rings. The third kappa shape index (κ3) is 4.76. The van der Waals surface area contributed by atoms with Crippen molar-refractivity contribution in [2.75, 3.05) is 0 Å². The van der Waals surface area contributed by atoms with E-state index in [9.17, 15) is 27.9 Å². The zero-order valence-corrected chi connectivity index (χ0v) is 27.2. The second-order valence-corrected chi connectivity index (χ2v) is 12.2. The van der Waals surface area contributed by atoms with E-state index in [-0.39, 0.29) is 71.2 Å². The van der Waals surface area contributed by atoms with Crippen molar-refractivity contribution in [2.24, 2.45) is 0 Å². The molecule has 1 heterocycles. The summed E-state index contributed by atoms with van der Waals surface area (Å²) >= 11 is 0. The molecule has 7 rings (SSSR count). The summed E-state index contributed by atoms with van der Waals surface area (Å²) in [6, 6.07) is 24.4. The molecular weight excluding hydrogens is 723 g/mol. The van der Waals surface area contributed by atoms with Gasteiger partial charge in [-0.3, -0.25) is 14.2 Å². The van der Waals surface area contributed by atoms with E-state index in [2.05, 4.69) is 13.8 Å². The minimum Gasteiger partial charge on any atom is -0.506 e. The summed E-state index contributed by atoms with van der Waals surface area (Å²) < 4.78 is 42.5. The van der Waals surface area contributed by atoms with Gasteiger partial charge in [-0.25, -0.2) is 0 Å². The summed E-state index contributed by atoms with van der Waals surface area (Å²) in [7, 11) is 0. The van der Waals surface area contributed by atoms with Crippen molar-refractivity contribution in [3.05, 3.63) is 117 Å². The smallest absolute Gasteiger partial charge is 0.455 e. The summed E-state index contributed by atoms with van der Waals surface area (Å²) in [5.74, 6) is -3.34. The topological polar surface area (TPSA) is 122 Å². The van der Waals surface area contributed by atoms with E-state index in [4.69, 9.17) is 0 Å². The number of halogens is 3. The van der Waals surface area contributed by atoms with E-state index >= 15 is 0 Å². The maximum absolute atomic E-state index is 13.9.